The van der Waals surface area contributed by atoms with Crippen molar-refractivity contribution in [1.82, 2.24) is 5.32 Å². The summed E-state index contributed by atoms with van der Waals surface area (Å²) in [6.45, 7) is 3.59. The van der Waals surface area contributed by atoms with Gasteiger partial charge >= 0.3 is 0 Å². The second kappa shape index (κ2) is 7.97. The summed E-state index contributed by atoms with van der Waals surface area (Å²) in [6, 6.07) is 0. The summed E-state index contributed by atoms with van der Waals surface area (Å²) >= 11 is 0. The number of primary amides is 1. The molecule has 0 saturated carbocycles. The van der Waals surface area contributed by atoms with Gasteiger partial charge in [0, 0.05) is 6.54 Å². The lowest BCUT2D eigenvalue weighted by atomic mass is 10.3. The van der Waals surface area contributed by atoms with E-state index in [4.69, 9.17) is 15.6 Å². The zero-order chi connectivity index (χ0) is 10.1. The van der Waals surface area contributed by atoms with Crippen molar-refractivity contribution in [2.75, 3.05) is 26.3 Å². The molecular weight excluding hydrogens is 172 g/mol. The molecule has 0 rings (SSSR count). The van der Waals surface area contributed by atoms with Gasteiger partial charge in [0.05, 0.1) is 12.7 Å². The third-order valence-electron chi connectivity index (χ3n) is 1.41. The molecule has 0 aromatic rings. The van der Waals surface area contributed by atoms with E-state index < -0.39 is 5.91 Å². The van der Waals surface area contributed by atoms with Crippen molar-refractivity contribution in [2.24, 2.45) is 5.73 Å². The smallest absolute Gasteiger partial charge is 0.243 e. The van der Waals surface area contributed by atoms with Crippen molar-refractivity contribution in [1.29, 1.82) is 0 Å². The SMILES string of the molecule is CC(O)CCNCCOCC(N)=O. The molecule has 1 amide bonds. The molecule has 78 valence electrons. The Kier molecular flexibility index (Phi) is 7.57. The van der Waals surface area contributed by atoms with Crippen molar-refractivity contribution >= 4 is 5.91 Å². The maximum absolute atomic E-state index is 10.2. The molecule has 0 bridgehead atoms. The van der Waals surface area contributed by atoms with Crippen molar-refractivity contribution in [3.8, 4) is 0 Å². The first kappa shape index (κ1) is 12.3. The highest BCUT2D eigenvalue weighted by Gasteiger charge is 1.95. The Morgan fingerprint density at radius 1 is 1.62 bits per heavy atom. The Hall–Kier alpha value is -0.650. The Bertz CT molecular complexity index is 139. The molecule has 1 unspecified atom stereocenters. The van der Waals surface area contributed by atoms with E-state index in [1.54, 1.807) is 6.92 Å². The second-order valence-corrected chi connectivity index (χ2v) is 2.91. The number of ether oxygens (including phenoxy) is 1. The molecule has 1 atom stereocenters. The van der Waals surface area contributed by atoms with Gasteiger partial charge in [-0.25, -0.2) is 0 Å². The number of carbonyl (C=O) groups excluding carboxylic acids is 1. The van der Waals surface area contributed by atoms with E-state index in [0.29, 0.717) is 13.2 Å². The summed E-state index contributed by atoms with van der Waals surface area (Å²) in [7, 11) is 0. The predicted molar refractivity (Wildman–Crippen MR) is 49.2 cm³/mol. The summed E-state index contributed by atoms with van der Waals surface area (Å²) < 4.78 is 4.90. The molecule has 0 aliphatic carbocycles. The van der Waals surface area contributed by atoms with Crippen molar-refractivity contribution in [2.45, 2.75) is 19.4 Å². The number of nitrogens with one attached hydrogen (secondary N) is 1. The lowest BCUT2D eigenvalue weighted by molar-refractivity contribution is -0.122. The Morgan fingerprint density at radius 2 is 2.31 bits per heavy atom. The molecule has 0 fully saturated rings. The van der Waals surface area contributed by atoms with Crippen LogP contribution in [0, 0.1) is 0 Å². The van der Waals surface area contributed by atoms with Crippen LogP contribution in [-0.4, -0.2) is 43.4 Å². The highest BCUT2D eigenvalue weighted by Crippen LogP contribution is 1.85. The maximum Gasteiger partial charge on any atom is 0.243 e. The van der Waals surface area contributed by atoms with E-state index >= 15 is 0 Å². The number of hydrogen-bond acceptors (Lipinski definition) is 4. The first-order valence-corrected chi connectivity index (χ1v) is 4.37. The average molecular weight is 190 g/mol. The van der Waals surface area contributed by atoms with Gasteiger partial charge < -0.3 is 20.9 Å². The van der Waals surface area contributed by atoms with Crippen LogP contribution in [0.1, 0.15) is 13.3 Å². The zero-order valence-electron chi connectivity index (χ0n) is 7.95. The van der Waals surface area contributed by atoms with Gasteiger partial charge in [-0.1, -0.05) is 0 Å². The fourth-order valence-corrected chi connectivity index (χ4v) is 0.753. The fraction of sp³-hybridized carbons (Fsp3) is 0.875. The van der Waals surface area contributed by atoms with E-state index in [1.807, 2.05) is 0 Å². The van der Waals surface area contributed by atoms with Crippen LogP contribution in [0.25, 0.3) is 0 Å². The molecule has 4 N–H and O–H groups in total. The fourth-order valence-electron chi connectivity index (χ4n) is 0.753. The Morgan fingerprint density at radius 3 is 2.85 bits per heavy atom. The topological polar surface area (TPSA) is 84.6 Å². The van der Waals surface area contributed by atoms with Gasteiger partial charge in [0.1, 0.15) is 6.61 Å². The molecule has 0 heterocycles. The van der Waals surface area contributed by atoms with Gasteiger partial charge in [0.2, 0.25) is 5.91 Å². The van der Waals surface area contributed by atoms with Gasteiger partial charge in [-0.3, -0.25) is 4.79 Å². The highest BCUT2D eigenvalue weighted by atomic mass is 16.5. The quantitative estimate of drug-likeness (QED) is 0.422. The normalized spacial score (nSPS) is 12.8. The molecule has 0 aliphatic rings. The lowest BCUT2D eigenvalue weighted by Crippen LogP contribution is -2.25. The molecule has 5 heteroatoms. The summed E-state index contributed by atoms with van der Waals surface area (Å²) in [6.07, 6.45) is 0.439. The number of nitrogens with two attached hydrogens (primary N) is 1. The Labute approximate surface area is 78.3 Å². The first-order chi connectivity index (χ1) is 6.13. The monoisotopic (exact) mass is 190 g/mol. The van der Waals surface area contributed by atoms with Crippen LogP contribution < -0.4 is 11.1 Å². The van der Waals surface area contributed by atoms with Crippen LogP contribution in [0.3, 0.4) is 0 Å². The van der Waals surface area contributed by atoms with Crippen LogP contribution in [0.4, 0.5) is 0 Å². The molecule has 5 nitrogen and oxygen atoms in total. The van der Waals surface area contributed by atoms with E-state index in [9.17, 15) is 4.79 Å². The summed E-state index contributed by atoms with van der Waals surface area (Å²) in [5.74, 6) is -0.455. The summed E-state index contributed by atoms with van der Waals surface area (Å²) in [4.78, 5) is 10.2. The van der Waals surface area contributed by atoms with Crippen molar-refractivity contribution in [3.63, 3.8) is 0 Å². The highest BCUT2D eigenvalue weighted by molar-refractivity contribution is 5.74. The summed E-state index contributed by atoms with van der Waals surface area (Å²) in [5.41, 5.74) is 4.86. The number of carbonyl (C=O) groups is 1. The van der Waals surface area contributed by atoms with E-state index in [1.165, 1.54) is 0 Å². The van der Waals surface area contributed by atoms with Crippen molar-refractivity contribution < 1.29 is 14.6 Å². The molecule has 0 spiro atoms. The van der Waals surface area contributed by atoms with Crippen molar-refractivity contribution in [3.05, 3.63) is 0 Å². The number of amides is 1. The van der Waals surface area contributed by atoms with Gasteiger partial charge in [0.15, 0.2) is 0 Å². The third kappa shape index (κ3) is 11.3. The van der Waals surface area contributed by atoms with Gasteiger partial charge in [0.25, 0.3) is 0 Å². The number of hydrogen-bond donors (Lipinski definition) is 3. The molecule has 13 heavy (non-hydrogen) atoms. The molecular formula is C8H18N2O3. The number of rotatable bonds is 8. The molecule has 0 saturated heterocycles. The zero-order valence-corrected chi connectivity index (χ0v) is 7.95. The van der Waals surface area contributed by atoms with Crippen LogP contribution in [0.15, 0.2) is 0 Å². The third-order valence-corrected chi connectivity index (χ3v) is 1.41. The van der Waals surface area contributed by atoms with Crippen LogP contribution in [0.2, 0.25) is 0 Å². The van der Waals surface area contributed by atoms with E-state index in [-0.39, 0.29) is 12.7 Å². The minimum Gasteiger partial charge on any atom is -0.393 e. The molecule has 0 aromatic heterocycles. The van der Waals surface area contributed by atoms with Crippen LogP contribution in [0.5, 0.6) is 0 Å². The average Bonchev–Trinajstić information content (AvgIpc) is 2.01. The predicted octanol–water partition coefficient (Wildman–Crippen LogP) is -1.15. The van der Waals surface area contributed by atoms with Gasteiger partial charge in [-0.15, -0.1) is 0 Å². The van der Waals surface area contributed by atoms with Crippen LogP contribution in [-0.2, 0) is 9.53 Å². The number of aliphatic hydroxyl groups excluding tert-OH is 1. The summed E-state index contributed by atoms with van der Waals surface area (Å²) in [5, 5.41) is 11.9. The van der Waals surface area contributed by atoms with E-state index in [2.05, 4.69) is 5.32 Å². The minimum atomic E-state index is -0.455. The van der Waals surface area contributed by atoms with Crippen LogP contribution >= 0.6 is 0 Å². The standard InChI is InChI=1S/C8H18N2O3/c1-7(11)2-3-10-4-5-13-6-8(9)12/h7,10-11H,2-6H2,1H3,(H2,9,12). The first-order valence-electron chi connectivity index (χ1n) is 4.37. The second-order valence-electron chi connectivity index (χ2n) is 2.91. The number of aliphatic hydroxyl groups is 1. The Balaban J connectivity index is 2.96. The van der Waals surface area contributed by atoms with Gasteiger partial charge in [-0.2, -0.15) is 0 Å². The minimum absolute atomic E-state index is 0.0297. The largest absolute Gasteiger partial charge is 0.393 e. The maximum atomic E-state index is 10.2. The van der Waals surface area contributed by atoms with E-state index in [0.717, 1.165) is 13.0 Å². The lowest BCUT2D eigenvalue weighted by Gasteiger charge is -2.06. The molecule has 0 aliphatic heterocycles. The molecule has 0 aromatic carbocycles. The molecule has 0 radical (unpaired) electrons. The van der Waals surface area contributed by atoms with Gasteiger partial charge in [-0.05, 0) is 19.9 Å².